The van der Waals surface area contributed by atoms with Gasteiger partial charge in [-0.2, -0.15) is 0 Å². The molecule has 0 amide bonds. The molecule has 19 heavy (non-hydrogen) atoms. The zero-order valence-electron chi connectivity index (χ0n) is 12.1. The molecule has 0 saturated heterocycles. The molecule has 1 nitrogen and oxygen atoms in total. The van der Waals surface area contributed by atoms with Crippen LogP contribution in [0.5, 0.6) is 0 Å². The monoisotopic (exact) mass is 253 g/mol. The fraction of sp³-hybridized carbons (Fsp3) is 0.333. The fourth-order valence-electron chi connectivity index (χ4n) is 2.38. The van der Waals surface area contributed by atoms with Crippen molar-refractivity contribution in [3.63, 3.8) is 0 Å². The smallest absolute Gasteiger partial charge is 0.0511 e. The van der Waals surface area contributed by atoms with Crippen LogP contribution in [0, 0.1) is 6.92 Å². The van der Waals surface area contributed by atoms with Crippen LogP contribution < -0.4 is 5.32 Å². The molecule has 1 unspecified atom stereocenters. The van der Waals surface area contributed by atoms with E-state index in [0.717, 1.165) is 12.8 Å². The van der Waals surface area contributed by atoms with Gasteiger partial charge in [-0.3, -0.25) is 0 Å². The van der Waals surface area contributed by atoms with Gasteiger partial charge in [-0.25, -0.2) is 0 Å². The molecule has 0 aliphatic heterocycles. The zero-order valence-corrected chi connectivity index (χ0v) is 12.1. The number of aryl methyl sites for hydroxylation is 2. The number of benzene rings is 2. The predicted octanol–water partition coefficient (Wildman–Crippen LogP) is 5.12. The van der Waals surface area contributed by atoms with Crippen molar-refractivity contribution < 1.29 is 0 Å². The minimum atomic E-state index is 0.383. The summed E-state index contributed by atoms with van der Waals surface area (Å²) in [5, 5.41) is 3.68. The van der Waals surface area contributed by atoms with Crippen LogP contribution in [-0.4, -0.2) is 0 Å². The van der Waals surface area contributed by atoms with Crippen LogP contribution >= 0.6 is 0 Å². The molecule has 0 radical (unpaired) electrons. The summed E-state index contributed by atoms with van der Waals surface area (Å²) in [4.78, 5) is 0. The molecule has 0 bridgehead atoms. The summed E-state index contributed by atoms with van der Waals surface area (Å²) in [5.41, 5.74) is 5.32. The Balaban J connectivity index is 2.21. The van der Waals surface area contributed by atoms with E-state index in [2.05, 4.69) is 74.6 Å². The van der Waals surface area contributed by atoms with Gasteiger partial charge in [0.05, 0.1) is 6.04 Å². The Morgan fingerprint density at radius 2 is 1.63 bits per heavy atom. The number of para-hydroxylation sites is 1. The Morgan fingerprint density at radius 3 is 2.26 bits per heavy atom. The minimum Gasteiger partial charge on any atom is -0.378 e. The van der Waals surface area contributed by atoms with Crippen molar-refractivity contribution >= 4 is 5.69 Å². The normalized spacial score (nSPS) is 12.2. The summed E-state index contributed by atoms with van der Waals surface area (Å²) in [6, 6.07) is 17.8. The highest BCUT2D eigenvalue weighted by Crippen LogP contribution is 2.25. The molecular weight excluding hydrogens is 230 g/mol. The van der Waals surface area contributed by atoms with Crippen LogP contribution in [-0.2, 0) is 6.42 Å². The van der Waals surface area contributed by atoms with Crippen molar-refractivity contribution in [1.29, 1.82) is 0 Å². The van der Waals surface area contributed by atoms with E-state index in [-0.39, 0.29) is 0 Å². The van der Waals surface area contributed by atoms with Crippen molar-refractivity contribution in [2.45, 2.75) is 39.7 Å². The maximum atomic E-state index is 3.68. The molecule has 1 heteroatoms. The maximum Gasteiger partial charge on any atom is 0.0511 e. The molecule has 0 aliphatic rings. The molecule has 0 saturated carbocycles. The summed E-state index contributed by atoms with van der Waals surface area (Å²) in [6.45, 7) is 6.56. The van der Waals surface area contributed by atoms with Crippen molar-refractivity contribution in [2.24, 2.45) is 0 Å². The Labute approximate surface area is 116 Å². The van der Waals surface area contributed by atoms with Crippen LogP contribution in [0.3, 0.4) is 0 Å². The van der Waals surface area contributed by atoms with E-state index >= 15 is 0 Å². The van der Waals surface area contributed by atoms with Crippen LogP contribution in [0.15, 0.2) is 48.5 Å². The molecule has 0 heterocycles. The zero-order chi connectivity index (χ0) is 13.7. The van der Waals surface area contributed by atoms with E-state index in [0.29, 0.717) is 6.04 Å². The van der Waals surface area contributed by atoms with Crippen LogP contribution in [0.1, 0.15) is 43.0 Å². The highest BCUT2D eigenvalue weighted by molar-refractivity contribution is 5.52. The molecule has 2 aromatic carbocycles. The van der Waals surface area contributed by atoms with E-state index in [9.17, 15) is 0 Å². The van der Waals surface area contributed by atoms with Gasteiger partial charge in [-0.05, 0) is 37.0 Å². The van der Waals surface area contributed by atoms with Gasteiger partial charge in [-0.1, -0.05) is 61.9 Å². The highest BCUT2D eigenvalue weighted by atomic mass is 14.9. The van der Waals surface area contributed by atoms with Gasteiger partial charge in [0.1, 0.15) is 0 Å². The Kier molecular flexibility index (Phi) is 4.62. The van der Waals surface area contributed by atoms with Crippen LogP contribution in [0.25, 0.3) is 0 Å². The van der Waals surface area contributed by atoms with Gasteiger partial charge < -0.3 is 5.32 Å². The lowest BCUT2D eigenvalue weighted by atomic mass is 10.0. The number of anilines is 1. The number of rotatable bonds is 5. The van der Waals surface area contributed by atoms with Crippen molar-refractivity contribution in [3.05, 3.63) is 65.2 Å². The topological polar surface area (TPSA) is 12.0 Å². The quantitative estimate of drug-likeness (QED) is 0.779. The second-order valence-corrected chi connectivity index (χ2v) is 5.03. The van der Waals surface area contributed by atoms with Crippen molar-refractivity contribution in [3.8, 4) is 0 Å². The number of hydrogen-bond donors (Lipinski definition) is 1. The van der Waals surface area contributed by atoms with Gasteiger partial charge in [0.25, 0.3) is 0 Å². The maximum absolute atomic E-state index is 3.68. The summed E-state index contributed by atoms with van der Waals surface area (Å²) in [6.07, 6.45) is 2.15. The molecule has 0 spiro atoms. The SMILES string of the molecule is CCc1ccccc1NC(CC)c1ccc(C)cc1. The van der Waals surface area contributed by atoms with Gasteiger partial charge in [-0.15, -0.1) is 0 Å². The van der Waals surface area contributed by atoms with Gasteiger partial charge in [0.15, 0.2) is 0 Å². The molecule has 0 aliphatic carbocycles. The summed E-state index contributed by atoms with van der Waals surface area (Å²) in [5.74, 6) is 0. The highest BCUT2D eigenvalue weighted by Gasteiger charge is 2.10. The van der Waals surface area contributed by atoms with E-state index in [1.165, 1.54) is 22.4 Å². The third kappa shape index (κ3) is 3.37. The van der Waals surface area contributed by atoms with Gasteiger partial charge in [0, 0.05) is 5.69 Å². The summed E-state index contributed by atoms with van der Waals surface area (Å²) in [7, 11) is 0. The second-order valence-electron chi connectivity index (χ2n) is 5.03. The first-order valence-corrected chi connectivity index (χ1v) is 7.15. The third-order valence-corrected chi connectivity index (χ3v) is 3.62. The first kappa shape index (κ1) is 13.7. The summed E-state index contributed by atoms with van der Waals surface area (Å²) < 4.78 is 0. The average Bonchev–Trinajstić information content (AvgIpc) is 2.46. The Bertz CT molecular complexity index is 513. The molecule has 2 rings (SSSR count). The van der Waals surface area contributed by atoms with E-state index in [1.54, 1.807) is 0 Å². The van der Waals surface area contributed by atoms with Crippen LogP contribution in [0.2, 0.25) is 0 Å². The average molecular weight is 253 g/mol. The summed E-state index contributed by atoms with van der Waals surface area (Å²) >= 11 is 0. The largest absolute Gasteiger partial charge is 0.378 e. The minimum absolute atomic E-state index is 0.383. The first-order valence-electron chi connectivity index (χ1n) is 7.15. The fourth-order valence-corrected chi connectivity index (χ4v) is 2.38. The molecule has 2 aromatic rings. The lowest BCUT2D eigenvalue weighted by Crippen LogP contribution is -2.11. The standard InChI is InChI=1S/C18H23N/c1-4-15-8-6-7-9-18(15)19-17(5-2)16-12-10-14(3)11-13-16/h6-13,17,19H,4-5H2,1-3H3. The van der Waals surface area contributed by atoms with Crippen molar-refractivity contribution in [2.75, 3.05) is 5.32 Å². The number of hydrogen-bond acceptors (Lipinski definition) is 1. The van der Waals surface area contributed by atoms with E-state index < -0.39 is 0 Å². The molecule has 1 N–H and O–H groups in total. The second kappa shape index (κ2) is 6.42. The Morgan fingerprint density at radius 1 is 0.947 bits per heavy atom. The van der Waals surface area contributed by atoms with Gasteiger partial charge in [0.2, 0.25) is 0 Å². The molecule has 100 valence electrons. The van der Waals surface area contributed by atoms with E-state index in [1.807, 2.05) is 0 Å². The lowest BCUT2D eigenvalue weighted by Gasteiger charge is -2.21. The number of nitrogens with one attached hydrogen (secondary N) is 1. The molecule has 0 aromatic heterocycles. The first-order chi connectivity index (χ1) is 9.24. The van der Waals surface area contributed by atoms with E-state index in [4.69, 9.17) is 0 Å². The lowest BCUT2D eigenvalue weighted by molar-refractivity contribution is 0.747. The molecule has 0 fully saturated rings. The van der Waals surface area contributed by atoms with Crippen molar-refractivity contribution in [1.82, 2.24) is 0 Å². The Hall–Kier alpha value is -1.76. The predicted molar refractivity (Wildman–Crippen MR) is 83.7 cm³/mol. The van der Waals surface area contributed by atoms with Gasteiger partial charge >= 0.3 is 0 Å². The van der Waals surface area contributed by atoms with Crippen LogP contribution in [0.4, 0.5) is 5.69 Å². The molecular formula is C18H23N. The third-order valence-electron chi connectivity index (χ3n) is 3.62. The molecule has 1 atom stereocenters.